The second kappa shape index (κ2) is 7.60. The summed E-state index contributed by atoms with van der Waals surface area (Å²) in [5.41, 5.74) is 0.997. The molecule has 1 saturated carbocycles. The molecule has 0 spiro atoms. The van der Waals surface area contributed by atoms with Crippen molar-refractivity contribution in [3.8, 4) is 0 Å². The van der Waals surface area contributed by atoms with E-state index in [2.05, 4.69) is 22.6 Å². The zero-order valence-electron chi connectivity index (χ0n) is 11.9. The summed E-state index contributed by atoms with van der Waals surface area (Å²) in [6.45, 7) is 4.04. The van der Waals surface area contributed by atoms with Crippen LogP contribution in [0, 0.1) is 5.92 Å². The van der Waals surface area contributed by atoms with E-state index in [0.717, 1.165) is 31.1 Å². The molecular formula is C14H26N4O. The largest absolute Gasteiger partial charge is 0.396 e. The summed E-state index contributed by atoms with van der Waals surface area (Å²) in [6, 6.07) is 0.640. The molecule has 2 atom stereocenters. The lowest BCUT2D eigenvalue weighted by Gasteiger charge is -2.28. The standard InChI is InChI=1S/C14H26N4O/c1-2-12-5-3-6-13(9-12)15-10-14-11-18(17-16-14)7-4-8-19/h11-13,15,19H,2-10H2,1H3. The van der Waals surface area contributed by atoms with Crippen LogP contribution in [0.3, 0.4) is 0 Å². The summed E-state index contributed by atoms with van der Waals surface area (Å²) in [6.07, 6.45) is 9.34. The Hall–Kier alpha value is -0.940. The molecular weight excluding hydrogens is 240 g/mol. The van der Waals surface area contributed by atoms with Gasteiger partial charge < -0.3 is 10.4 Å². The predicted octanol–water partition coefficient (Wildman–Crippen LogP) is 1.72. The van der Waals surface area contributed by atoms with Gasteiger partial charge in [0.15, 0.2) is 0 Å². The Morgan fingerprint density at radius 1 is 1.47 bits per heavy atom. The number of nitrogens with one attached hydrogen (secondary N) is 1. The fourth-order valence-electron chi connectivity index (χ4n) is 2.86. The van der Waals surface area contributed by atoms with E-state index in [1.54, 1.807) is 0 Å². The Kier molecular flexibility index (Phi) is 5.79. The topological polar surface area (TPSA) is 63.0 Å². The highest BCUT2D eigenvalue weighted by Gasteiger charge is 2.20. The van der Waals surface area contributed by atoms with Crippen molar-refractivity contribution in [3.63, 3.8) is 0 Å². The summed E-state index contributed by atoms with van der Waals surface area (Å²) in [4.78, 5) is 0. The second-order valence-electron chi connectivity index (χ2n) is 5.57. The van der Waals surface area contributed by atoms with E-state index >= 15 is 0 Å². The molecule has 2 rings (SSSR count). The van der Waals surface area contributed by atoms with Crippen LogP contribution in [0.25, 0.3) is 0 Å². The monoisotopic (exact) mass is 266 g/mol. The van der Waals surface area contributed by atoms with Gasteiger partial charge in [0, 0.05) is 31.9 Å². The smallest absolute Gasteiger partial charge is 0.0964 e. The third kappa shape index (κ3) is 4.58. The van der Waals surface area contributed by atoms with Gasteiger partial charge in [0.1, 0.15) is 0 Å². The van der Waals surface area contributed by atoms with Gasteiger partial charge in [0.25, 0.3) is 0 Å². The molecule has 1 aromatic rings. The van der Waals surface area contributed by atoms with Crippen LogP contribution < -0.4 is 5.32 Å². The molecule has 1 heterocycles. The number of hydrogen-bond acceptors (Lipinski definition) is 4. The maximum atomic E-state index is 8.78. The van der Waals surface area contributed by atoms with E-state index in [4.69, 9.17) is 5.11 Å². The fraction of sp³-hybridized carbons (Fsp3) is 0.857. The minimum atomic E-state index is 0.202. The third-order valence-electron chi connectivity index (χ3n) is 4.06. The van der Waals surface area contributed by atoms with E-state index in [0.29, 0.717) is 6.04 Å². The van der Waals surface area contributed by atoms with Gasteiger partial charge in [-0.15, -0.1) is 5.10 Å². The second-order valence-corrected chi connectivity index (χ2v) is 5.57. The normalized spacial score (nSPS) is 23.7. The van der Waals surface area contributed by atoms with Crippen LogP contribution in [0.5, 0.6) is 0 Å². The first kappa shape index (κ1) is 14.5. The molecule has 0 radical (unpaired) electrons. The van der Waals surface area contributed by atoms with E-state index < -0.39 is 0 Å². The highest BCUT2D eigenvalue weighted by Crippen LogP contribution is 2.26. The van der Waals surface area contributed by atoms with E-state index in [1.807, 2.05) is 10.9 Å². The van der Waals surface area contributed by atoms with Crippen LogP contribution in [-0.4, -0.2) is 32.7 Å². The van der Waals surface area contributed by atoms with Crippen LogP contribution in [0.1, 0.15) is 51.1 Å². The Morgan fingerprint density at radius 2 is 2.37 bits per heavy atom. The molecule has 1 fully saturated rings. The van der Waals surface area contributed by atoms with Gasteiger partial charge in [0.2, 0.25) is 0 Å². The summed E-state index contributed by atoms with van der Waals surface area (Å²) in [7, 11) is 0. The van der Waals surface area contributed by atoms with Gasteiger partial charge in [-0.25, -0.2) is 0 Å². The first-order chi connectivity index (χ1) is 9.31. The van der Waals surface area contributed by atoms with E-state index in [9.17, 15) is 0 Å². The van der Waals surface area contributed by atoms with Gasteiger partial charge in [-0.1, -0.05) is 31.4 Å². The van der Waals surface area contributed by atoms with Gasteiger partial charge in [-0.05, 0) is 25.2 Å². The minimum absolute atomic E-state index is 0.202. The molecule has 1 aliphatic rings. The van der Waals surface area contributed by atoms with Crippen molar-refractivity contribution in [2.24, 2.45) is 5.92 Å². The summed E-state index contributed by atoms with van der Waals surface area (Å²) < 4.78 is 1.81. The fourth-order valence-corrected chi connectivity index (χ4v) is 2.86. The Balaban J connectivity index is 1.73. The number of aliphatic hydroxyl groups is 1. The number of aromatic nitrogens is 3. The summed E-state index contributed by atoms with van der Waals surface area (Å²) in [5, 5.41) is 20.6. The number of aryl methyl sites for hydroxylation is 1. The molecule has 5 nitrogen and oxygen atoms in total. The molecule has 1 aliphatic carbocycles. The molecule has 5 heteroatoms. The first-order valence-electron chi connectivity index (χ1n) is 7.55. The molecule has 0 bridgehead atoms. The van der Waals surface area contributed by atoms with Gasteiger partial charge in [0.05, 0.1) is 5.69 Å². The number of nitrogens with zero attached hydrogens (tertiary/aromatic N) is 3. The lowest BCUT2D eigenvalue weighted by atomic mass is 9.84. The molecule has 1 aromatic heterocycles. The Labute approximate surface area is 115 Å². The van der Waals surface area contributed by atoms with Gasteiger partial charge in [-0.2, -0.15) is 0 Å². The van der Waals surface area contributed by atoms with Crippen molar-refractivity contribution in [2.75, 3.05) is 6.61 Å². The van der Waals surface area contributed by atoms with E-state index in [1.165, 1.54) is 32.1 Å². The number of aliphatic hydroxyl groups excluding tert-OH is 1. The van der Waals surface area contributed by atoms with Crippen molar-refractivity contribution in [1.29, 1.82) is 0 Å². The van der Waals surface area contributed by atoms with Crippen LogP contribution >= 0.6 is 0 Å². The molecule has 0 aromatic carbocycles. The first-order valence-corrected chi connectivity index (χ1v) is 7.55. The highest BCUT2D eigenvalue weighted by atomic mass is 16.3. The van der Waals surface area contributed by atoms with Crippen molar-refractivity contribution >= 4 is 0 Å². The molecule has 0 amide bonds. The van der Waals surface area contributed by atoms with Crippen molar-refractivity contribution in [2.45, 2.75) is 64.6 Å². The van der Waals surface area contributed by atoms with Crippen molar-refractivity contribution in [1.82, 2.24) is 20.3 Å². The molecule has 2 N–H and O–H groups in total. The molecule has 19 heavy (non-hydrogen) atoms. The quantitative estimate of drug-likeness (QED) is 0.789. The molecule has 0 saturated heterocycles. The van der Waals surface area contributed by atoms with Crippen molar-refractivity contribution < 1.29 is 5.11 Å². The molecule has 108 valence electrons. The third-order valence-corrected chi connectivity index (χ3v) is 4.06. The zero-order chi connectivity index (χ0) is 13.5. The van der Waals surface area contributed by atoms with Gasteiger partial charge in [-0.3, -0.25) is 4.68 Å². The summed E-state index contributed by atoms with van der Waals surface area (Å²) >= 11 is 0. The lowest BCUT2D eigenvalue weighted by Crippen LogP contribution is -2.33. The highest BCUT2D eigenvalue weighted by molar-refractivity contribution is 4.92. The molecule has 0 aliphatic heterocycles. The number of hydrogen-bond donors (Lipinski definition) is 2. The SMILES string of the molecule is CCC1CCCC(NCc2cn(CCCO)nn2)C1. The predicted molar refractivity (Wildman–Crippen MR) is 74.6 cm³/mol. The maximum absolute atomic E-state index is 8.78. The Morgan fingerprint density at radius 3 is 3.16 bits per heavy atom. The van der Waals surface area contributed by atoms with Crippen molar-refractivity contribution in [3.05, 3.63) is 11.9 Å². The van der Waals surface area contributed by atoms with Crippen LogP contribution in [0.2, 0.25) is 0 Å². The van der Waals surface area contributed by atoms with E-state index in [-0.39, 0.29) is 6.61 Å². The number of rotatable bonds is 7. The lowest BCUT2D eigenvalue weighted by molar-refractivity contribution is 0.276. The molecule has 2 unspecified atom stereocenters. The van der Waals surface area contributed by atoms with Gasteiger partial charge >= 0.3 is 0 Å². The van der Waals surface area contributed by atoms with Crippen LogP contribution in [0.15, 0.2) is 6.20 Å². The maximum Gasteiger partial charge on any atom is 0.0964 e. The zero-order valence-corrected chi connectivity index (χ0v) is 11.9. The minimum Gasteiger partial charge on any atom is -0.396 e. The van der Waals surface area contributed by atoms with Crippen LogP contribution in [0.4, 0.5) is 0 Å². The average molecular weight is 266 g/mol. The average Bonchev–Trinajstić information content (AvgIpc) is 2.91. The van der Waals surface area contributed by atoms with Crippen LogP contribution in [-0.2, 0) is 13.1 Å². The Bertz CT molecular complexity index is 366. The summed E-state index contributed by atoms with van der Waals surface area (Å²) in [5.74, 6) is 0.895.